The van der Waals surface area contributed by atoms with Crippen molar-refractivity contribution in [2.45, 2.75) is 33.1 Å². The third-order valence-corrected chi connectivity index (χ3v) is 4.95. The van der Waals surface area contributed by atoms with E-state index in [0.717, 1.165) is 38.9 Å². The van der Waals surface area contributed by atoms with Gasteiger partial charge in [-0.25, -0.2) is 0 Å². The van der Waals surface area contributed by atoms with Crippen LogP contribution >= 0.6 is 0 Å². The van der Waals surface area contributed by atoms with Gasteiger partial charge in [0.25, 0.3) is 11.5 Å². The Labute approximate surface area is 172 Å². The Morgan fingerprint density at radius 2 is 1.62 bits per heavy atom. The monoisotopic (exact) mass is 403 g/mol. The van der Waals surface area contributed by atoms with Crippen LogP contribution in [0.4, 0.5) is 0 Å². The zero-order valence-corrected chi connectivity index (χ0v) is 18.2. The quantitative estimate of drug-likeness (QED) is 0.584. The van der Waals surface area contributed by atoms with E-state index in [1.807, 2.05) is 0 Å². The van der Waals surface area contributed by atoms with Crippen LogP contribution < -0.4 is 20.3 Å². The van der Waals surface area contributed by atoms with Crippen LogP contribution in [0.3, 0.4) is 0 Å². The summed E-state index contributed by atoms with van der Waals surface area (Å²) in [7, 11) is 4.69. The highest BCUT2D eigenvalue weighted by atomic mass is 16.5. The highest BCUT2D eigenvalue weighted by Gasteiger charge is 2.17. The molecule has 0 fully saturated rings. The first-order chi connectivity index (χ1) is 14.0. The number of aromatic nitrogens is 1. The lowest BCUT2D eigenvalue weighted by Crippen LogP contribution is -2.31. The van der Waals surface area contributed by atoms with Crippen molar-refractivity contribution in [1.82, 2.24) is 14.8 Å². The second-order valence-electron chi connectivity index (χ2n) is 7.16. The van der Waals surface area contributed by atoms with Crippen molar-refractivity contribution in [2.24, 2.45) is 7.05 Å². The molecule has 0 atom stereocenters. The van der Waals surface area contributed by atoms with Gasteiger partial charge in [0.15, 0.2) is 11.5 Å². The van der Waals surface area contributed by atoms with Crippen molar-refractivity contribution < 1.29 is 14.3 Å². The highest BCUT2D eigenvalue weighted by molar-refractivity contribution is 6.07. The molecular weight excluding hydrogens is 370 g/mol. The molecule has 160 valence electrons. The second-order valence-corrected chi connectivity index (χ2v) is 7.16. The van der Waals surface area contributed by atoms with Gasteiger partial charge in [-0.2, -0.15) is 0 Å². The number of hydrogen-bond donors (Lipinski definition) is 1. The van der Waals surface area contributed by atoms with E-state index in [1.54, 1.807) is 25.4 Å². The van der Waals surface area contributed by atoms with Crippen LogP contribution in [-0.2, 0) is 7.05 Å². The minimum absolute atomic E-state index is 0.188. The van der Waals surface area contributed by atoms with Crippen LogP contribution in [0, 0.1) is 0 Å². The molecular formula is C22H33N3O4. The lowest BCUT2D eigenvalue weighted by Gasteiger charge is -2.20. The van der Waals surface area contributed by atoms with Crippen LogP contribution in [0.25, 0.3) is 10.8 Å². The van der Waals surface area contributed by atoms with E-state index in [2.05, 4.69) is 24.1 Å². The Kier molecular flexibility index (Phi) is 8.51. The molecule has 1 aromatic heterocycles. The molecule has 0 saturated carbocycles. The van der Waals surface area contributed by atoms with Crippen molar-refractivity contribution in [3.05, 3.63) is 34.2 Å². The summed E-state index contributed by atoms with van der Waals surface area (Å²) in [6.45, 7) is 8.06. The average molecular weight is 404 g/mol. The van der Waals surface area contributed by atoms with Crippen molar-refractivity contribution >= 4 is 16.7 Å². The number of nitrogens with one attached hydrogen (secondary N) is 1. The number of carbonyl (C=O) groups excluding carboxylic acids is 1. The fraction of sp³-hybridized carbons (Fsp3) is 0.545. The Morgan fingerprint density at radius 3 is 2.17 bits per heavy atom. The van der Waals surface area contributed by atoms with Gasteiger partial charge in [-0.1, -0.05) is 13.8 Å². The number of carbonyl (C=O) groups is 1. The number of benzene rings is 1. The van der Waals surface area contributed by atoms with Gasteiger partial charge in [0.1, 0.15) is 0 Å². The molecule has 0 aliphatic carbocycles. The topological polar surface area (TPSA) is 72.8 Å². The van der Waals surface area contributed by atoms with Gasteiger partial charge in [0, 0.05) is 25.2 Å². The van der Waals surface area contributed by atoms with E-state index >= 15 is 0 Å². The third-order valence-electron chi connectivity index (χ3n) is 4.95. The van der Waals surface area contributed by atoms with Gasteiger partial charge < -0.3 is 24.3 Å². The summed E-state index contributed by atoms with van der Waals surface area (Å²) in [5, 5.41) is 3.97. The number of fused-ring (bicyclic) bond motifs is 1. The molecule has 0 unspecified atom stereocenters. The normalized spacial score (nSPS) is 11.1. The minimum atomic E-state index is -0.199. The molecule has 29 heavy (non-hydrogen) atoms. The number of methoxy groups -OCH3 is 2. The zero-order chi connectivity index (χ0) is 21.4. The molecule has 1 N–H and O–H groups in total. The van der Waals surface area contributed by atoms with Gasteiger partial charge in [0.2, 0.25) is 0 Å². The molecule has 0 aliphatic rings. The average Bonchev–Trinajstić information content (AvgIpc) is 2.72. The van der Waals surface area contributed by atoms with Crippen LogP contribution in [-0.4, -0.2) is 55.8 Å². The fourth-order valence-corrected chi connectivity index (χ4v) is 3.54. The molecule has 0 spiro atoms. The Hall–Kier alpha value is -2.54. The van der Waals surface area contributed by atoms with Gasteiger partial charge in [-0.15, -0.1) is 0 Å². The fourth-order valence-electron chi connectivity index (χ4n) is 3.54. The molecule has 7 heteroatoms. The van der Waals surface area contributed by atoms with E-state index in [1.165, 1.54) is 18.8 Å². The van der Waals surface area contributed by atoms with Crippen molar-refractivity contribution in [2.75, 3.05) is 40.4 Å². The number of ether oxygens (including phenoxy) is 2. The Bertz CT molecular complexity index is 886. The van der Waals surface area contributed by atoms with Gasteiger partial charge in [-0.05, 0) is 51.0 Å². The van der Waals surface area contributed by atoms with Crippen LogP contribution in [0.15, 0.2) is 23.1 Å². The molecule has 0 aliphatic heterocycles. The first kappa shape index (κ1) is 22.7. The van der Waals surface area contributed by atoms with Crippen LogP contribution in [0.2, 0.25) is 0 Å². The molecule has 1 amide bonds. The SMILES string of the molecule is CCCN(CCC)CCCNC(=O)c1cn(C)c(=O)c2cc(OC)c(OC)cc12. The molecule has 1 heterocycles. The number of amides is 1. The summed E-state index contributed by atoms with van der Waals surface area (Å²) in [6, 6.07) is 3.31. The summed E-state index contributed by atoms with van der Waals surface area (Å²) in [5.41, 5.74) is 0.259. The van der Waals surface area contributed by atoms with E-state index in [-0.39, 0.29) is 11.5 Å². The number of nitrogens with zero attached hydrogens (tertiary/aromatic N) is 2. The van der Waals surface area contributed by atoms with Gasteiger partial charge >= 0.3 is 0 Å². The summed E-state index contributed by atoms with van der Waals surface area (Å²) in [4.78, 5) is 27.8. The number of pyridine rings is 1. The molecule has 0 bridgehead atoms. The maximum atomic E-state index is 12.9. The summed E-state index contributed by atoms with van der Waals surface area (Å²) < 4.78 is 12.1. The van der Waals surface area contributed by atoms with E-state index in [9.17, 15) is 9.59 Å². The van der Waals surface area contributed by atoms with E-state index < -0.39 is 0 Å². The van der Waals surface area contributed by atoms with Gasteiger partial charge in [0.05, 0.1) is 25.2 Å². The summed E-state index contributed by atoms with van der Waals surface area (Å²) in [6.07, 6.45) is 4.71. The van der Waals surface area contributed by atoms with Crippen molar-refractivity contribution in [1.29, 1.82) is 0 Å². The smallest absolute Gasteiger partial charge is 0.258 e. The molecule has 1 aromatic carbocycles. The highest BCUT2D eigenvalue weighted by Crippen LogP contribution is 2.32. The van der Waals surface area contributed by atoms with Crippen LogP contribution in [0.5, 0.6) is 11.5 Å². The van der Waals surface area contributed by atoms with E-state index in [0.29, 0.717) is 34.4 Å². The third kappa shape index (κ3) is 5.50. The lowest BCUT2D eigenvalue weighted by molar-refractivity contribution is 0.0952. The summed E-state index contributed by atoms with van der Waals surface area (Å²) >= 11 is 0. The predicted octanol–water partition coefficient (Wildman–Crippen LogP) is 2.80. The molecule has 0 saturated heterocycles. The van der Waals surface area contributed by atoms with Crippen LogP contribution in [0.1, 0.15) is 43.5 Å². The Morgan fingerprint density at radius 1 is 1.03 bits per heavy atom. The molecule has 0 radical (unpaired) electrons. The predicted molar refractivity (Wildman–Crippen MR) is 116 cm³/mol. The zero-order valence-electron chi connectivity index (χ0n) is 18.2. The Balaban J connectivity index is 2.20. The van der Waals surface area contributed by atoms with E-state index in [4.69, 9.17) is 9.47 Å². The van der Waals surface area contributed by atoms with Gasteiger partial charge in [-0.3, -0.25) is 9.59 Å². The molecule has 7 nitrogen and oxygen atoms in total. The second kappa shape index (κ2) is 10.9. The standard InChI is InChI=1S/C22H33N3O4/c1-6-10-25(11-7-2)12-8-9-23-21(26)18-15-24(3)22(27)17-14-20(29-5)19(28-4)13-16(17)18/h13-15H,6-12H2,1-5H3,(H,23,26). The maximum absolute atomic E-state index is 12.9. The first-order valence-electron chi connectivity index (χ1n) is 10.2. The number of rotatable bonds is 11. The maximum Gasteiger partial charge on any atom is 0.258 e. The first-order valence-corrected chi connectivity index (χ1v) is 10.2. The number of hydrogen-bond acceptors (Lipinski definition) is 5. The summed E-state index contributed by atoms with van der Waals surface area (Å²) in [5.74, 6) is 0.744. The number of aryl methyl sites for hydroxylation is 1. The molecule has 2 aromatic rings. The largest absolute Gasteiger partial charge is 0.493 e. The molecule has 2 rings (SSSR count). The minimum Gasteiger partial charge on any atom is -0.493 e. The van der Waals surface area contributed by atoms with Crippen molar-refractivity contribution in [3.63, 3.8) is 0 Å². The lowest BCUT2D eigenvalue weighted by atomic mass is 10.1. The van der Waals surface area contributed by atoms with Crippen molar-refractivity contribution in [3.8, 4) is 11.5 Å².